The fraction of sp³-hybridized carbons (Fsp3) is 0.440. The number of nitrogens with one attached hydrogen (secondary N) is 1. The number of hydrogen-bond acceptors (Lipinski definition) is 4. The van der Waals surface area contributed by atoms with Crippen LogP contribution in [0.2, 0.25) is 5.02 Å². The molecule has 174 valence electrons. The van der Waals surface area contributed by atoms with Gasteiger partial charge in [-0.05, 0) is 49.1 Å². The first-order chi connectivity index (χ1) is 15.4. The third-order valence-electron chi connectivity index (χ3n) is 5.31. The van der Waals surface area contributed by atoms with Gasteiger partial charge in [0.1, 0.15) is 11.8 Å². The van der Waals surface area contributed by atoms with Gasteiger partial charge < -0.3 is 15.0 Å². The second-order valence-electron chi connectivity index (χ2n) is 7.70. The van der Waals surface area contributed by atoms with Crippen LogP contribution in [0.4, 0.5) is 0 Å². The first kappa shape index (κ1) is 26.1. The molecule has 0 aliphatic carbocycles. The molecule has 0 aliphatic heterocycles. The van der Waals surface area contributed by atoms with E-state index in [9.17, 15) is 9.59 Å². The quantitative estimate of drug-likeness (QED) is 0.451. The van der Waals surface area contributed by atoms with Crippen molar-refractivity contribution in [1.82, 2.24) is 10.2 Å². The number of thioether (sulfide) groups is 1. The molecule has 0 spiro atoms. The van der Waals surface area contributed by atoms with Gasteiger partial charge in [-0.15, -0.1) is 11.8 Å². The van der Waals surface area contributed by atoms with E-state index in [0.29, 0.717) is 23.7 Å². The van der Waals surface area contributed by atoms with E-state index in [0.717, 1.165) is 23.3 Å². The van der Waals surface area contributed by atoms with Gasteiger partial charge >= 0.3 is 0 Å². The van der Waals surface area contributed by atoms with Gasteiger partial charge in [0, 0.05) is 23.4 Å². The standard InChI is InChI=1S/C25H33ClN2O3S/c1-5-18(3)27-25(30)23(6-2)28(15-19-10-9-12-21(14-19)31-4)24(29)17-32-16-20-11-7-8-13-22(20)26/h7-14,18,23H,5-6,15-17H2,1-4H3,(H,27,30)/t18-,23+/m0/s1. The minimum atomic E-state index is -0.538. The predicted octanol–water partition coefficient (Wildman–Crippen LogP) is 5.30. The van der Waals surface area contributed by atoms with Gasteiger partial charge in [-0.3, -0.25) is 9.59 Å². The molecule has 5 nitrogen and oxygen atoms in total. The molecule has 2 atom stereocenters. The number of halogens is 1. The molecule has 0 unspecified atom stereocenters. The molecule has 0 fully saturated rings. The van der Waals surface area contributed by atoms with Gasteiger partial charge in [0.2, 0.25) is 11.8 Å². The van der Waals surface area contributed by atoms with Crippen LogP contribution in [0.1, 0.15) is 44.7 Å². The number of methoxy groups -OCH3 is 1. The van der Waals surface area contributed by atoms with Crippen molar-refractivity contribution >= 4 is 35.2 Å². The van der Waals surface area contributed by atoms with E-state index in [4.69, 9.17) is 16.3 Å². The topological polar surface area (TPSA) is 58.6 Å². The van der Waals surface area contributed by atoms with Crippen molar-refractivity contribution in [2.24, 2.45) is 0 Å². The molecule has 2 aromatic carbocycles. The lowest BCUT2D eigenvalue weighted by molar-refractivity contribution is -0.139. The van der Waals surface area contributed by atoms with E-state index in [1.165, 1.54) is 11.8 Å². The van der Waals surface area contributed by atoms with E-state index in [1.54, 1.807) is 12.0 Å². The van der Waals surface area contributed by atoms with Crippen LogP contribution in [0.5, 0.6) is 5.75 Å². The molecule has 0 saturated heterocycles. The zero-order valence-electron chi connectivity index (χ0n) is 19.3. The Morgan fingerprint density at radius 3 is 2.53 bits per heavy atom. The summed E-state index contributed by atoms with van der Waals surface area (Å²) in [5.41, 5.74) is 1.91. The maximum absolute atomic E-state index is 13.3. The van der Waals surface area contributed by atoms with Crippen molar-refractivity contribution in [3.05, 3.63) is 64.7 Å². The predicted molar refractivity (Wildman–Crippen MR) is 133 cm³/mol. The average Bonchev–Trinajstić information content (AvgIpc) is 2.80. The Morgan fingerprint density at radius 2 is 1.88 bits per heavy atom. The highest BCUT2D eigenvalue weighted by molar-refractivity contribution is 7.99. The van der Waals surface area contributed by atoms with Crippen molar-refractivity contribution in [2.75, 3.05) is 12.9 Å². The minimum absolute atomic E-state index is 0.0555. The van der Waals surface area contributed by atoms with E-state index >= 15 is 0 Å². The zero-order valence-corrected chi connectivity index (χ0v) is 20.8. The van der Waals surface area contributed by atoms with Crippen LogP contribution in [-0.4, -0.2) is 41.7 Å². The van der Waals surface area contributed by atoms with Crippen LogP contribution in [0.3, 0.4) is 0 Å². The maximum Gasteiger partial charge on any atom is 0.243 e. The number of rotatable bonds is 12. The number of nitrogens with zero attached hydrogens (tertiary/aromatic N) is 1. The van der Waals surface area contributed by atoms with Crippen molar-refractivity contribution in [2.45, 2.75) is 58.0 Å². The third-order valence-corrected chi connectivity index (χ3v) is 6.65. The van der Waals surface area contributed by atoms with Gasteiger partial charge in [0.05, 0.1) is 12.9 Å². The van der Waals surface area contributed by atoms with Crippen LogP contribution in [0, 0.1) is 0 Å². The molecule has 0 heterocycles. The highest BCUT2D eigenvalue weighted by Crippen LogP contribution is 2.23. The number of carbonyl (C=O) groups is 2. The molecule has 0 bridgehead atoms. The lowest BCUT2D eigenvalue weighted by Crippen LogP contribution is -2.51. The summed E-state index contributed by atoms with van der Waals surface area (Å²) in [4.78, 5) is 28.0. The SMILES string of the molecule is CC[C@H](C(=O)N[C@@H](C)CC)N(Cc1cccc(OC)c1)C(=O)CSCc1ccccc1Cl. The summed E-state index contributed by atoms with van der Waals surface area (Å²) < 4.78 is 5.32. The second kappa shape index (κ2) is 13.4. The molecular weight excluding hydrogens is 444 g/mol. The Balaban J connectivity index is 2.17. The molecule has 7 heteroatoms. The molecule has 2 aromatic rings. The lowest BCUT2D eigenvalue weighted by Gasteiger charge is -2.31. The van der Waals surface area contributed by atoms with Crippen LogP contribution in [0.25, 0.3) is 0 Å². The van der Waals surface area contributed by atoms with Crippen molar-refractivity contribution in [3.63, 3.8) is 0 Å². The lowest BCUT2D eigenvalue weighted by atomic mass is 10.1. The Morgan fingerprint density at radius 1 is 1.12 bits per heavy atom. The largest absolute Gasteiger partial charge is 0.497 e. The average molecular weight is 477 g/mol. The first-order valence-corrected chi connectivity index (χ1v) is 12.5. The van der Waals surface area contributed by atoms with Crippen molar-refractivity contribution in [3.8, 4) is 5.75 Å². The number of ether oxygens (including phenoxy) is 1. The summed E-state index contributed by atoms with van der Waals surface area (Å²) in [5, 5.41) is 3.73. The van der Waals surface area contributed by atoms with Crippen LogP contribution >= 0.6 is 23.4 Å². The minimum Gasteiger partial charge on any atom is -0.497 e. The summed E-state index contributed by atoms with van der Waals surface area (Å²) in [6, 6.07) is 14.7. The van der Waals surface area contributed by atoms with Crippen LogP contribution in [-0.2, 0) is 21.9 Å². The molecule has 1 N–H and O–H groups in total. The Hall–Kier alpha value is -2.18. The number of amides is 2. The van der Waals surface area contributed by atoms with Gasteiger partial charge in [-0.25, -0.2) is 0 Å². The molecule has 0 saturated carbocycles. The van der Waals surface area contributed by atoms with Gasteiger partial charge in [0.25, 0.3) is 0 Å². The van der Waals surface area contributed by atoms with Gasteiger partial charge in [-0.1, -0.05) is 55.8 Å². The monoisotopic (exact) mass is 476 g/mol. The fourth-order valence-electron chi connectivity index (χ4n) is 3.27. The summed E-state index contributed by atoms with van der Waals surface area (Å²) in [6.07, 6.45) is 1.37. The molecule has 2 amide bonds. The fourth-order valence-corrected chi connectivity index (χ4v) is 4.47. The molecule has 0 radical (unpaired) electrons. The van der Waals surface area contributed by atoms with E-state index in [1.807, 2.05) is 69.3 Å². The summed E-state index contributed by atoms with van der Waals surface area (Å²) in [7, 11) is 1.61. The van der Waals surface area contributed by atoms with E-state index < -0.39 is 6.04 Å². The van der Waals surface area contributed by atoms with E-state index in [-0.39, 0.29) is 23.6 Å². The van der Waals surface area contributed by atoms with Crippen molar-refractivity contribution in [1.29, 1.82) is 0 Å². The molecule has 32 heavy (non-hydrogen) atoms. The van der Waals surface area contributed by atoms with Crippen molar-refractivity contribution < 1.29 is 14.3 Å². The summed E-state index contributed by atoms with van der Waals surface area (Å²) in [5.74, 6) is 1.43. The Bertz CT molecular complexity index is 893. The number of hydrogen-bond donors (Lipinski definition) is 1. The van der Waals surface area contributed by atoms with Crippen LogP contribution < -0.4 is 10.1 Å². The summed E-state index contributed by atoms with van der Waals surface area (Å²) >= 11 is 7.74. The Labute approximate surface area is 200 Å². The zero-order chi connectivity index (χ0) is 23.5. The molecule has 0 aliphatic rings. The maximum atomic E-state index is 13.3. The third kappa shape index (κ3) is 7.75. The molecular formula is C25H33ClN2O3S. The molecule has 0 aromatic heterocycles. The number of carbonyl (C=O) groups excluding carboxylic acids is 2. The Kier molecular flexibility index (Phi) is 10.9. The molecule has 2 rings (SSSR count). The first-order valence-electron chi connectivity index (χ1n) is 10.9. The van der Waals surface area contributed by atoms with Gasteiger partial charge in [0.15, 0.2) is 0 Å². The smallest absolute Gasteiger partial charge is 0.243 e. The number of benzene rings is 2. The second-order valence-corrected chi connectivity index (χ2v) is 9.09. The normalized spacial score (nSPS) is 12.7. The highest BCUT2D eigenvalue weighted by Gasteiger charge is 2.29. The van der Waals surface area contributed by atoms with Crippen LogP contribution in [0.15, 0.2) is 48.5 Å². The van der Waals surface area contributed by atoms with Gasteiger partial charge in [-0.2, -0.15) is 0 Å². The summed E-state index contributed by atoms with van der Waals surface area (Å²) in [6.45, 7) is 6.27. The van der Waals surface area contributed by atoms with E-state index in [2.05, 4.69) is 5.32 Å². The highest BCUT2D eigenvalue weighted by atomic mass is 35.5.